The lowest BCUT2D eigenvalue weighted by molar-refractivity contribution is 0.140. The number of ether oxygens (including phenoxy) is 1. The minimum Gasteiger partial charge on any atom is -0.383 e. The molecule has 1 aliphatic heterocycles. The van der Waals surface area contributed by atoms with Gasteiger partial charge in [0.1, 0.15) is 0 Å². The highest BCUT2D eigenvalue weighted by Gasteiger charge is 2.22. The summed E-state index contributed by atoms with van der Waals surface area (Å²) in [6.45, 7) is 5.86. The highest BCUT2D eigenvalue weighted by molar-refractivity contribution is 5.74. The fourth-order valence-electron chi connectivity index (χ4n) is 2.92. The van der Waals surface area contributed by atoms with Crippen LogP contribution < -0.4 is 5.32 Å². The summed E-state index contributed by atoms with van der Waals surface area (Å²) in [4.78, 5) is 16.7. The zero-order chi connectivity index (χ0) is 16.7. The lowest BCUT2D eigenvalue weighted by Crippen LogP contribution is -2.51. The summed E-state index contributed by atoms with van der Waals surface area (Å²) in [5.74, 6) is 0. The third kappa shape index (κ3) is 5.84. The van der Waals surface area contributed by atoms with Crippen LogP contribution in [0.3, 0.4) is 0 Å². The Kier molecular flexibility index (Phi) is 6.86. The third-order valence-corrected chi connectivity index (χ3v) is 4.30. The summed E-state index contributed by atoms with van der Waals surface area (Å²) in [5.41, 5.74) is 2.37. The fourth-order valence-corrected chi connectivity index (χ4v) is 2.92. The van der Waals surface area contributed by atoms with E-state index in [9.17, 15) is 4.79 Å². The van der Waals surface area contributed by atoms with Crippen molar-refractivity contribution >= 4 is 6.03 Å². The molecule has 0 bridgehead atoms. The number of likely N-dealkylation sites (N-methyl/N-ethyl adjacent to an activating group) is 1. The molecule has 0 aromatic heterocycles. The molecule has 5 heteroatoms. The average molecular weight is 319 g/mol. The second kappa shape index (κ2) is 8.89. The van der Waals surface area contributed by atoms with Gasteiger partial charge >= 0.3 is 6.03 Å². The molecule has 2 amide bonds. The molecule has 0 radical (unpaired) electrons. The summed E-state index contributed by atoms with van der Waals surface area (Å²) in [6.07, 6.45) is 2.19. The lowest BCUT2D eigenvalue weighted by Gasteiger charge is -2.32. The minimum atomic E-state index is 0.00271. The van der Waals surface area contributed by atoms with Crippen molar-refractivity contribution in [3.8, 4) is 0 Å². The number of hydrogen-bond donors (Lipinski definition) is 1. The first kappa shape index (κ1) is 17.8. The van der Waals surface area contributed by atoms with Gasteiger partial charge < -0.3 is 19.9 Å². The Balaban J connectivity index is 1.95. The molecular weight excluding hydrogens is 290 g/mol. The second-order valence-electron chi connectivity index (χ2n) is 6.45. The molecule has 23 heavy (non-hydrogen) atoms. The zero-order valence-electron chi connectivity index (χ0n) is 14.5. The molecule has 0 spiro atoms. The highest BCUT2D eigenvalue weighted by Crippen LogP contribution is 2.11. The smallest absolute Gasteiger partial charge is 0.318 e. The van der Waals surface area contributed by atoms with Crippen LogP contribution in [0.4, 0.5) is 4.79 Å². The lowest BCUT2D eigenvalue weighted by atomic mass is 10.1. The number of amides is 2. The molecular formula is C18H29N3O2. The van der Waals surface area contributed by atoms with Gasteiger partial charge in [-0.25, -0.2) is 4.79 Å². The maximum absolute atomic E-state index is 12.6. The minimum absolute atomic E-state index is 0.00271. The first-order valence-corrected chi connectivity index (χ1v) is 8.37. The van der Waals surface area contributed by atoms with Crippen LogP contribution >= 0.6 is 0 Å². The third-order valence-electron chi connectivity index (χ3n) is 4.30. The number of nitrogens with one attached hydrogen (secondary N) is 1. The van der Waals surface area contributed by atoms with Gasteiger partial charge in [0, 0.05) is 32.8 Å². The van der Waals surface area contributed by atoms with Crippen molar-refractivity contribution in [1.29, 1.82) is 0 Å². The Bertz CT molecular complexity index is 490. The standard InChI is InChI=1S/C18H29N3O2/c1-15-6-8-16(9-7-15)13-21(11-12-23-3)18(22)19-17-5-4-10-20(2)14-17/h6-9,17H,4-5,10-14H2,1-3H3,(H,19,22)/t17-/m0/s1. The van der Waals surface area contributed by atoms with E-state index in [1.807, 2.05) is 4.90 Å². The van der Waals surface area contributed by atoms with E-state index >= 15 is 0 Å². The van der Waals surface area contributed by atoms with Gasteiger partial charge in [-0.3, -0.25) is 0 Å². The Morgan fingerprint density at radius 3 is 2.78 bits per heavy atom. The number of aryl methyl sites for hydroxylation is 1. The molecule has 1 aromatic carbocycles. The molecule has 1 aliphatic rings. The van der Waals surface area contributed by atoms with E-state index < -0.39 is 0 Å². The number of likely N-dealkylation sites (tertiary alicyclic amines) is 1. The van der Waals surface area contributed by atoms with Gasteiger partial charge in [-0.15, -0.1) is 0 Å². The molecule has 1 aromatic rings. The van der Waals surface area contributed by atoms with Crippen LogP contribution in [0.5, 0.6) is 0 Å². The van der Waals surface area contributed by atoms with E-state index in [4.69, 9.17) is 4.74 Å². The van der Waals surface area contributed by atoms with Gasteiger partial charge in [-0.05, 0) is 38.9 Å². The average Bonchev–Trinajstić information content (AvgIpc) is 2.53. The molecule has 0 unspecified atom stereocenters. The van der Waals surface area contributed by atoms with Crippen molar-refractivity contribution in [2.75, 3.05) is 40.4 Å². The van der Waals surface area contributed by atoms with Crippen molar-refractivity contribution in [3.63, 3.8) is 0 Å². The predicted molar refractivity (Wildman–Crippen MR) is 92.5 cm³/mol. The topological polar surface area (TPSA) is 44.8 Å². The Labute approximate surface area is 139 Å². The van der Waals surface area contributed by atoms with Gasteiger partial charge in [0.2, 0.25) is 0 Å². The first-order chi connectivity index (χ1) is 11.1. The molecule has 1 fully saturated rings. The number of methoxy groups -OCH3 is 1. The number of nitrogens with zero attached hydrogens (tertiary/aromatic N) is 2. The maximum Gasteiger partial charge on any atom is 0.318 e. The SMILES string of the molecule is COCCN(Cc1ccc(C)cc1)C(=O)N[C@H]1CCCN(C)C1. The molecule has 2 rings (SSSR count). The number of piperidine rings is 1. The normalized spacial score (nSPS) is 18.7. The summed E-state index contributed by atoms with van der Waals surface area (Å²) < 4.78 is 5.16. The Morgan fingerprint density at radius 1 is 1.39 bits per heavy atom. The maximum atomic E-state index is 12.6. The van der Waals surface area contributed by atoms with E-state index in [1.54, 1.807) is 7.11 Å². The van der Waals surface area contributed by atoms with Crippen molar-refractivity contribution in [2.24, 2.45) is 0 Å². The largest absolute Gasteiger partial charge is 0.383 e. The van der Waals surface area contributed by atoms with Crippen LogP contribution in [-0.2, 0) is 11.3 Å². The van der Waals surface area contributed by atoms with E-state index in [0.29, 0.717) is 19.7 Å². The molecule has 0 saturated carbocycles. The quantitative estimate of drug-likeness (QED) is 0.875. The van der Waals surface area contributed by atoms with Gasteiger partial charge in [0.05, 0.1) is 6.61 Å². The number of urea groups is 1. The van der Waals surface area contributed by atoms with Gasteiger partial charge in [0.25, 0.3) is 0 Å². The summed E-state index contributed by atoms with van der Waals surface area (Å²) >= 11 is 0. The fraction of sp³-hybridized carbons (Fsp3) is 0.611. The number of carbonyl (C=O) groups is 1. The molecule has 0 aliphatic carbocycles. The van der Waals surface area contributed by atoms with Crippen molar-refractivity contribution in [2.45, 2.75) is 32.4 Å². The zero-order valence-corrected chi connectivity index (χ0v) is 14.5. The van der Waals surface area contributed by atoms with E-state index in [2.05, 4.69) is 48.5 Å². The number of hydrogen-bond acceptors (Lipinski definition) is 3. The predicted octanol–water partition coefficient (Wildman–Crippen LogP) is 2.25. The highest BCUT2D eigenvalue weighted by atomic mass is 16.5. The van der Waals surface area contributed by atoms with E-state index in [-0.39, 0.29) is 12.1 Å². The first-order valence-electron chi connectivity index (χ1n) is 8.37. The van der Waals surface area contributed by atoms with Gasteiger partial charge in [-0.2, -0.15) is 0 Å². The summed E-state index contributed by atoms with van der Waals surface area (Å²) in [5, 5.41) is 3.18. The molecule has 1 saturated heterocycles. The number of benzene rings is 1. The van der Waals surface area contributed by atoms with Crippen molar-refractivity contribution < 1.29 is 9.53 Å². The Hall–Kier alpha value is -1.59. The van der Waals surface area contributed by atoms with Crippen LogP contribution in [0.15, 0.2) is 24.3 Å². The number of carbonyl (C=O) groups excluding carboxylic acids is 1. The van der Waals surface area contributed by atoms with Crippen LogP contribution in [0, 0.1) is 6.92 Å². The molecule has 128 valence electrons. The van der Waals surface area contributed by atoms with Gasteiger partial charge in [0.15, 0.2) is 0 Å². The van der Waals surface area contributed by atoms with Crippen LogP contribution in [0.2, 0.25) is 0 Å². The Morgan fingerprint density at radius 2 is 2.13 bits per heavy atom. The van der Waals surface area contributed by atoms with Crippen LogP contribution in [0.25, 0.3) is 0 Å². The van der Waals surface area contributed by atoms with Crippen LogP contribution in [0.1, 0.15) is 24.0 Å². The monoisotopic (exact) mass is 319 g/mol. The molecule has 1 N–H and O–H groups in total. The van der Waals surface area contributed by atoms with Crippen molar-refractivity contribution in [3.05, 3.63) is 35.4 Å². The van der Waals surface area contributed by atoms with E-state index in [1.165, 1.54) is 5.56 Å². The van der Waals surface area contributed by atoms with Gasteiger partial charge in [-0.1, -0.05) is 29.8 Å². The summed E-state index contributed by atoms with van der Waals surface area (Å²) in [6, 6.07) is 8.57. The molecule has 5 nitrogen and oxygen atoms in total. The molecule has 1 atom stereocenters. The summed E-state index contributed by atoms with van der Waals surface area (Å²) in [7, 11) is 3.77. The van der Waals surface area contributed by atoms with E-state index in [0.717, 1.165) is 31.5 Å². The molecule has 1 heterocycles. The second-order valence-corrected chi connectivity index (χ2v) is 6.45. The number of rotatable bonds is 6. The van der Waals surface area contributed by atoms with Crippen LogP contribution in [-0.4, -0.2) is 62.3 Å². The van der Waals surface area contributed by atoms with Crippen molar-refractivity contribution in [1.82, 2.24) is 15.1 Å².